The third kappa shape index (κ3) is 23.3. The summed E-state index contributed by atoms with van der Waals surface area (Å²) in [6, 6.07) is 11.8. The number of H-pyrrole nitrogens is 1. The minimum atomic E-state index is -4.18. The Kier molecular flexibility index (Phi) is 32.3. The van der Waals surface area contributed by atoms with Crippen LogP contribution in [-0.2, 0) is 62.7 Å². The predicted molar refractivity (Wildman–Crippen MR) is 406 cm³/mol. The van der Waals surface area contributed by atoms with Crippen molar-refractivity contribution in [3.05, 3.63) is 171 Å². The van der Waals surface area contributed by atoms with Gasteiger partial charge in [-0.3, -0.25) is 29.1 Å². The highest BCUT2D eigenvalue weighted by molar-refractivity contribution is 7.90. The molecule has 0 aliphatic heterocycles. The molecule has 21 nitrogen and oxygen atoms in total. The number of ketones is 2. The van der Waals surface area contributed by atoms with Crippen LogP contribution in [0.5, 0.6) is 0 Å². The number of carbonyl (C=O) groups excluding carboxylic acids is 3. The van der Waals surface area contributed by atoms with E-state index >= 15 is 4.39 Å². The number of carbonyl (C=O) groups is 4. The van der Waals surface area contributed by atoms with Gasteiger partial charge in [0.05, 0.1) is 78.5 Å². The van der Waals surface area contributed by atoms with Gasteiger partial charge in [-0.05, 0) is 121 Å². The fraction of sp³-hybridized carbons (Fsp3) is 0.475. The summed E-state index contributed by atoms with van der Waals surface area (Å²) in [5.74, 6) is -5.26. The normalized spacial score (nSPS) is 12.9. The molecule has 0 bridgehead atoms. The standard InChI is InChI=1S/C31H32F2N4O4S.C22H22F2N4O2.C17H22ClFN2O2.C10H21NO2/c1-7-31(3,4)20(12-22(38)18-41-6)13-27-26(33)15-28(34-5)29(36-27)25-17-37(30-24(25)14-21(32)16-35-30)42(39,40)23-10-8-19(2)9-11-23;1-5-22(2,3)12(7-19(29)30)6-17-16(24)9-18(25-4)20(28-17)15-11-27-21-14(15)8-13(23)10-26-21;1-6-17(2,3)11(7-12(22)10-23-5)8-14-13(19)9-15(20-4)16(18)21-14;1-5-10(3,4)8(11)7-9(12)13-6-2/h8-11,14-17,20H,7,12-13,18H2,1-4,6H3;8-12H,5-7H2,1-3H3,(H,26,27)(H,29,30);9,11H,6-8,10H2,1-3,5H3;8H,5-7,11H2,1-4H3. The van der Waals surface area contributed by atoms with Crippen LogP contribution in [0.15, 0.2) is 84.3 Å². The van der Waals surface area contributed by atoms with E-state index in [1.54, 1.807) is 25.3 Å². The van der Waals surface area contributed by atoms with Gasteiger partial charge in [0.2, 0.25) is 17.1 Å². The van der Waals surface area contributed by atoms with Crippen molar-refractivity contribution in [2.45, 2.75) is 178 Å². The highest BCUT2D eigenvalue weighted by Crippen LogP contribution is 2.43. The van der Waals surface area contributed by atoms with E-state index in [1.807, 2.05) is 69.2 Å². The van der Waals surface area contributed by atoms with Crippen molar-refractivity contribution in [1.29, 1.82) is 0 Å². The van der Waals surface area contributed by atoms with Crippen molar-refractivity contribution in [3.63, 3.8) is 0 Å². The van der Waals surface area contributed by atoms with Gasteiger partial charge in [-0.2, -0.15) is 0 Å². The molecular weight excluding hydrogens is 1440 g/mol. The Morgan fingerprint density at radius 2 is 1.04 bits per heavy atom. The number of rotatable bonds is 31. The first-order valence-electron chi connectivity index (χ1n) is 35.3. The summed E-state index contributed by atoms with van der Waals surface area (Å²) in [6.45, 7) is 50.2. The number of pyridine rings is 5. The number of aliphatic carboxylic acids is 1. The second-order valence-corrected chi connectivity index (χ2v) is 31.4. The summed E-state index contributed by atoms with van der Waals surface area (Å²) in [5.41, 5.74) is 7.12. The van der Waals surface area contributed by atoms with Gasteiger partial charge >= 0.3 is 11.9 Å². The molecule has 7 aromatic heterocycles. The van der Waals surface area contributed by atoms with E-state index in [1.165, 1.54) is 38.6 Å². The lowest BCUT2D eigenvalue weighted by Crippen LogP contribution is -2.39. The van der Waals surface area contributed by atoms with Gasteiger partial charge in [0.15, 0.2) is 17.2 Å². The number of aromatic nitrogens is 7. The maximum Gasteiger partial charge on any atom is 0.307 e. The lowest BCUT2D eigenvalue weighted by atomic mass is 9.72. The molecule has 8 rings (SSSR count). The summed E-state index contributed by atoms with van der Waals surface area (Å²) in [5, 5.41) is 9.84. The quantitative estimate of drug-likeness (QED) is 0.0158. The van der Waals surface area contributed by atoms with Crippen LogP contribution in [0, 0.1) is 95.1 Å². The summed E-state index contributed by atoms with van der Waals surface area (Å²) in [6.07, 6.45) is 9.11. The van der Waals surface area contributed by atoms with Crippen LogP contribution in [-0.4, -0.2) is 111 Å². The predicted octanol–water partition coefficient (Wildman–Crippen LogP) is 18.5. The fourth-order valence-corrected chi connectivity index (χ4v) is 13.1. The third-order valence-electron chi connectivity index (χ3n) is 20.5. The zero-order chi connectivity index (χ0) is 81.0. The van der Waals surface area contributed by atoms with E-state index in [2.05, 4.69) is 65.2 Å². The van der Waals surface area contributed by atoms with Gasteiger partial charge in [0.25, 0.3) is 10.0 Å². The largest absolute Gasteiger partial charge is 0.481 e. The van der Waals surface area contributed by atoms with E-state index in [0.717, 1.165) is 59.0 Å². The van der Waals surface area contributed by atoms with Crippen molar-refractivity contribution in [1.82, 2.24) is 33.9 Å². The number of nitrogens with zero attached hydrogens (tertiary/aromatic N) is 9. The first-order valence-corrected chi connectivity index (χ1v) is 37.1. The van der Waals surface area contributed by atoms with Crippen LogP contribution in [0.1, 0.15) is 164 Å². The number of nitrogens with one attached hydrogen (secondary N) is 1. The summed E-state index contributed by atoms with van der Waals surface area (Å²) < 4.78 is 115. The zero-order valence-corrected chi connectivity index (χ0v) is 65.7. The number of aromatic amines is 1. The average Bonchev–Trinajstić information content (AvgIpc) is 1.59. The number of carboxylic acid groups (broad SMARTS) is 1. The number of aryl methyl sites for hydroxylation is 1. The molecule has 4 N–H and O–H groups in total. The Hall–Kier alpha value is -9.43. The second-order valence-electron chi connectivity index (χ2n) is 29.2. The molecule has 108 heavy (non-hydrogen) atoms. The number of nitrogens with two attached hydrogens (primary N) is 1. The molecule has 4 atom stereocenters. The van der Waals surface area contributed by atoms with Gasteiger partial charge < -0.3 is 30.0 Å². The van der Waals surface area contributed by atoms with Crippen LogP contribution in [0.4, 0.5) is 39.0 Å². The highest BCUT2D eigenvalue weighted by Gasteiger charge is 2.36. The van der Waals surface area contributed by atoms with Gasteiger partial charge in [0.1, 0.15) is 53.1 Å². The minimum Gasteiger partial charge on any atom is -0.481 e. The molecule has 0 saturated heterocycles. The number of hydrogen-bond acceptors (Lipinski definition) is 15. The van der Waals surface area contributed by atoms with Gasteiger partial charge in [-0.1, -0.05) is 132 Å². The van der Waals surface area contributed by atoms with E-state index in [9.17, 15) is 50.3 Å². The molecule has 28 heteroatoms. The van der Waals surface area contributed by atoms with Crippen molar-refractivity contribution in [2.75, 3.05) is 34.0 Å². The lowest BCUT2D eigenvalue weighted by Gasteiger charge is -2.33. The van der Waals surface area contributed by atoms with Crippen molar-refractivity contribution in [2.24, 2.45) is 45.1 Å². The number of benzene rings is 1. The van der Waals surface area contributed by atoms with E-state index in [4.69, 9.17) is 51.3 Å². The Morgan fingerprint density at radius 1 is 0.611 bits per heavy atom. The topological polar surface area (TPSA) is 275 Å². The van der Waals surface area contributed by atoms with Crippen molar-refractivity contribution in [3.8, 4) is 22.5 Å². The molecule has 0 aliphatic rings. The number of fused-ring (bicyclic) bond motifs is 2. The van der Waals surface area contributed by atoms with E-state index < -0.39 is 45.1 Å². The molecule has 0 fully saturated rings. The number of Topliss-reactive ketones (excluding diaryl/α,β-unsaturated/α-hetero) is 2. The maximum atomic E-state index is 15.4. The van der Waals surface area contributed by atoms with Crippen molar-refractivity contribution >= 4 is 84.3 Å². The molecule has 1 aromatic carbocycles. The number of carboxylic acids is 1. The monoisotopic (exact) mass is 1530 g/mol. The van der Waals surface area contributed by atoms with E-state index in [0.29, 0.717) is 48.9 Å². The molecule has 0 saturated carbocycles. The fourth-order valence-electron chi connectivity index (χ4n) is 11.6. The molecule has 4 unspecified atom stereocenters. The first-order chi connectivity index (χ1) is 50.7. The third-order valence-corrected chi connectivity index (χ3v) is 22.5. The van der Waals surface area contributed by atoms with Crippen LogP contribution in [0.2, 0.25) is 5.15 Å². The molecule has 0 radical (unpaired) electrons. The van der Waals surface area contributed by atoms with E-state index in [-0.39, 0.29) is 180 Å². The number of methoxy groups -OCH3 is 2. The number of hydrogen-bond donors (Lipinski definition) is 3. The molecule has 0 amide bonds. The van der Waals surface area contributed by atoms with Crippen molar-refractivity contribution < 1.29 is 68.9 Å². The lowest BCUT2D eigenvalue weighted by molar-refractivity contribution is -0.144. The highest BCUT2D eigenvalue weighted by atomic mass is 35.5. The molecule has 0 spiro atoms. The average molecular weight is 1540 g/mol. The minimum absolute atomic E-state index is 0.00493. The van der Waals surface area contributed by atoms with Gasteiger partial charge in [-0.25, -0.2) is 63.8 Å². The smallest absolute Gasteiger partial charge is 0.307 e. The number of halogens is 6. The summed E-state index contributed by atoms with van der Waals surface area (Å²) in [4.78, 5) is 80.8. The molecule has 8 aromatic rings. The molecule has 7 heterocycles. The number of ether oxygens (including phenoxy) is 3. The molecule has 580 valence electrons. The Balaban J connectivity index is 0.000000278. The molecule has 0 aliphatic carbocycles. The SMILES string of the molecule is CCOC(=O)CC(N)C(C)(C)CC.[C-]#[N+]c1cc(F)c(CC(CC(=O)COC)C(C)(C)CC)nc1-c1cn(S(=O)(=O)c2ccc(C)cc2)c2ncc(F)cc12.[C-]#[N+]c1cc(F)c(CC(CC(=O)COC)C(C)(C)CC)nc1Cl.[C-]#[N+]c1cc(F)c(CC(CC(=O)O)C(C)(C)CC)nc1-c1c[nH]c2ncc(F)cc12. The Morgan fingerprint density at radius 3 is 1.47 bits per heavy atom. The number of esters is 1. The Labute approximate surface area is 634 Å². The zero-order valence-electron chi connectivity index (χ0n) is 64.1. The van der Waals surface area contributed by atoms with Gasteiger partial charge in [-0.15, -0.1) is 0 Å². The summed E-state index contributed by atoms with van der Waals surface area (Å²) >= 11 is 5.91. The maximum absolute atomic E-state index is 15.4. The van der Waals surface area contributed by atoms with Crippen LogP contribution < -0.4 is 5.73 Å². The van der Waals surface area contributed by atoms with Crippen LogP contribution in [0.3, 0.4) is 0 Å². The summed E-state index contributed by atoms with van der Waals surface area (Å²) in [7, 11) is -1.27. The van der Waals surface area contributed by atoms with Crippen LogP contribution in [0.25, 0.3) is 59.1 Å². The van der Waals surface area contributed by atoms with Gasteiger partial charge in [0, 0.05) is 73.8 Å². The second kappa shape index (κ2) is 39.1. The van der Waals surface area contributed by atoms with Crippen LogP contribution >= 0.6 is 11.6 Å². The molecular formula is C80H97ClF5N11O10S. The Bertz CT molecular complexity index is 4760. The first kappa shape index (κ1) is 89.2.